The number of fused-ring (bicyclic) bond motifs is 1. The zero-order valence-corrected chi connectivity index (χ0v) is 13.0. The van der Waals surface area contributed by atoms with E-state index >= 15 is 0 Å². The maximum atomic E-state index is 13.8. The first-order valence-electron chi connectivity index (χ1n) is 7.16. The van der Waals surface area contributed by atoms with Crippen LogP contribution in [0, 0.1) is 11.6 Å². The minimum Gasteiger partial charge on any atom is -0.375 e. The van der Waals surface area contributed by atoms with Crippen molar-refractivity contribution >= 4 is 10.0 Å². The molecule has 3 rings (SSSR count). The zero-order valence-electron chi connectivity index (χ0n) is 12.2. The molecular formula is C14H18F2N2O3S. The van der Waals surface area contributed by atoms with Crippen LogP contribution in [0.4, 0.5) is 8.78 Å². The van der Waals surface area contributed by atoms with Gasteiger partial charge in [-0.1, -0.05) is 0 Å². The number of morpholine rings is 1. The molecule has 2 atom stereocenters. The van der Waals surface area contributed by atoms with E-state index in [1.807, 2.05) is 7.05 Å². The zero-order chi connectivity index (χ0) is 15.9. The molecule has 2 saturated heterocycles. The van der Waals surface area contributed by atoms with E-state index in [9.17, 15) is 17.2 Å². The van der Waals surface area contributed by atoms with Crippen LogP contribution in [-0.4, -0.2) is 63.1 Å². The predicted octanol–water partition coefficient (Wildman–Crippen LogP) is 1.06. The van der Waals surface area contributed by atoms with Gasteiger partial charge in [-0.3, -0.25) is 4.90 Å². The van der Waals surface area contributed by atoms with Crippen molar-refractivity contribution in [3.05, 3.63) is 29.8 Å². The Bertz CT molecular complexity index is 668. The predicted molar refractivity (Wildman–Crippen MR) is 75.9 cm³/mol. The van der Waals surface area contributed by atoms with Gasteiger partial charge in [-0.2, -0.15) is 4.31 Å². The first-order chi connectivity index (χ1) is 10.4. The highest BCUT2D eigenvalue weighted by Crippen LogP contribution is 2.27. The molecular weight excluding hydrogens is 314 g/mol. The van der Waals surface area contributed by atoms with Gasteiger partial charge in [-0.25, -0.2) is 17.2 Å². The Kier molecular flexibility index (Phi) is 4.19. The first kappa shape index (κ1) is 15.8. The standard InChI is InChI=1S/C14H18F2N2O3S/c1-17-6-7-21-13-4-5-18(9-12(13)17)22(19,20)14-8-10(15)2-3-11(14)16/h2-3,8,12-13H,4-7,9H2,1H3/t12-,13+/m0/s1. The normalized spacial score (nSPS) is 27.6. The van der Waals surface area contributed by atoms with Crippen LogP contribution in [0.1, 0.15) is 6.42 Å². The molecule has 0 bridgehead atoms. The van der Waals surface area contributed by atoms with E-state index in [1.165, 1.54) is 4.31 Å². The van der Waals surface area contributed by atoms with E-state index in [2.05, 4.69) is 4.90 Å². The van der Waals surface area contributed by atoms with Crippen molar-refractivity contribution in [2.75, 3.05) is 33.3 Å². The van der Waals surface area contributed by atoms with E-state index in [0.717, 1.165) is 24.7 Å². The maximum Gasteiger partial charge on any atom is 0.246 e. The molecule has 2 aliphatic heterocycles. The largest absolute Gasteiger partial charge is 0.375 e. The monoisotopic (exact) mass is 332 g/mol. The third kappa shape index (κ3) is 2.76. The van der Waals surface area contributed by atoms with Gasteiger partial charge in [0.1, 0.15) is 16.5 Å². The van der Waals surface area contributed by atoms with Crippen molar-refractivity contribution in [3.8, 4) is 0 Å². The second-order valence-corrected chi connectivity index (χ2v) is 7.59. The molecule has 2 fully saturated rings. The van der Waals surface area contributed by atoms with Crippen LogP contribution in [0.3, 0.4) is 0 Å². The van der Waals surface area contributed by atoms with Gasteiger partial charge in [-0.05, 0) is 31.7 Å². The number of sulfonamides is 1. The summed E-state index contributed by atoms with van der Waals surface area (Å²) in [5.74, 6) is -1.70. The summed E-state index contributed by atoms with van der Waals surface area (Å²) in [4.78, 5) is 1.45. The van der Waals surface area contributed by atoms with Crippen molar-refractivity contribution < 1.29 is 21.9 Å². The summed E-state index contributed by atoms with van der Waals surface area (Å²) in [6.45, 7) is 1.82. The third-order valence-electron chi connectivity index (χ3n) is 4.34. The molecule has 2 heterocycles. The topological polar surface area (TPSA) is 49.9 Å². The average Bonchev–Trinajstić information content (AvgIpc) is 2.49. The summed E-state index contributed by atoms with van der Waals surface area (Å²) in [6.07, 6.45) is 0.535. The number of rotatable bonds is 2. The van der Waals surface area contributed by atoms with Gasteiger partial charge in [-0.15, -0.1) is 0 Å². The molecule has 1 aromatic rings. The van der Waals surface area contributed by atoms with E-state index in [-0.39, 0.29) is 25.2 Å². The molecule has 0 aromatic heterocycles. The quantitative estimate of drug-likeness (QED) is 0.813. The lowest BCUT2D eigenvalue weighted by molar-refractivity contribution is -0.0840. The lowest BCUT2D eigenvalue weighted by Gasteiger charge is -2.45. The van der Waals surface area contributed by atoms with Gasteiger partial charge in [0, 0.05) is 25.7 Å². The van der Waals surface area contributed by atoms with Crippen LogP contribution in [0.5, 0.6) is 0 Å². The van der Waals surface area contributed by atoms with Crippen LogP contribution >= 0.6 is 0 Å². The Morgan fingerprint density at radius 1 is 1.27 bits per heavy atom. The van der Waals surface area contributed by atoms with Gasteiger partial charge in [0.05, 0.1) is 12.7 Å². The fourth-order valence-corrected chi connectivity index (χ4v) is 4.59. The molecule has 0 radical (unpaired) electrons. The average molecular weight is 332 g/mol. The molecule has 0 unspecified atom stereocenters. The number of hydrogen-bond donors (Lipinski definition) is 0. The summed E-state index contributed by atoms with van der Waals surface area (Å²) in [6, 6.07) is 2.42. The van der Waals surface area contributed by atoms with Gasteiger partial charge < -0.3 is 4.74 Å². The van der Waals surface area contributed by atoms with E-state index in [1.54, 1.807) is 0 Å². The highest BCUT2D eigenvalue weighted by molar-refractivity contribution is 7.89. The van der Waals surface area contributed by atoms with Crippen LogP contribution in [-0.2, 0) is 14.8 Å². The number of piperidine rings is 1. The molecule has 1 aromatic carbocycles. The summed E-state index contributed by atoms with van der Waals surface area (Å²) in [5.41, 5.74) is 0. The molecule has 0 N–H and O–H groups in total. The molecule has 0 amide bonds. The summed E-state index contributed by atoms with van der Waals surface area (Å²) >= 11 is 0. The second kappa shape index (κ2) is 5.84. The smallest absolute Gasteiger partial charge is 0.246 e. The highest BCUT2D eigenvalue weighted by Gasteiger charge is 2.40. The second-order valence-electron chi connectivity index (χ2n) is 5.68. The molecule has 5 nitrogen and oxygen atoms in total. The lowest BCUT2D eigenvalue weighted by atomic mass is 10.0. The number of halogens is 2. The van der Waals surface area contributed by atoms with E-state index < -0.39 is 26.6 Å². The Hall–Kier alpha value is -1.09. The maximum absolute atomic E-state index is 13.8. The molecule has 22 heavy (non-hydrogen) atoms. The number of nitrogens with zero attached hydrogens (tertiary/aromatic N) is 2. The number of ether oxygens (including phenoxy) is 1. The molecule has 0 aliphatic carbocycles. The molecule has 2 aliphatic rings. The van der Waals surface area contributed by atoms with Gasteiger partial charge in [0.15, 0.2) is 0 Å². The van der Waals surface area contributed by atoms with Crippen molar-refractivity contribution in [1.29, 1.82) is 0 Å². The Balaban J connectivity index is 1.88. The highest BCUT2D eigenvalue weighted by atomic mass is 32.2. The Morgan fingerprint density at radius 3 is 2.82 bits per heavy atom. The molecule has 122 valence electrons. The van der Waals surface area contributed by atoms with Gasteiger partial charge in [0.25, 0.3) is 0 Å². The SMILES string of the molecule is CN1CCO[C@@H]2CCN(S(=O)(=O)c3cc(F)ccc3F)C[C@@H]21. The van der Waals surface area contributed by atoms with Gasteiger partial charge >= 0.3 is 0 Å². The minimum atomic E-state index is -4.05. The number of benzene rings is 1. The summed E-state index contributed by atoms with van der Waals surface area (Å²) in [5, 5.41) is 0. The molecule has 0 saturated carbocycles. The van der Waals surface area contributed by atoms with Crippen LogP contribution in [0.2, 0.25) is 0 Å². The first-order valence-corrected chi connectivity index (χ1v) is 8.60. The van der Waals surface area contributed by atoms with Crippen molar-refractivity contribution in [1.82, 2.24) is 9.21 Å². The fourth-order valence-electron chi connectivity index (χ4n) is 3.04. The molecule has 8 heteroatoms. The van der Waals surface area contributed by atoms with E-state index in [0.29, 0.717) is 13.0 Å². The van der Waals surface area contributed by atoms with Gasteiger partial charge in [0.2, 0.25) is 10.0 Å². The van der Waals surface area contributed by atoms with Crippen molar-refractivity contribution in [3.63, 3.8) is 0 Å². The van der Waals surface area contributed by atoms with Crippen LogP contribution in [0.15, 0.2) is 23.1 Å². The van der Waals surface area contributed by atoms with Crippen molar-refractivity contribution in [2.24, 2.45) is 0 Å². The Morgan fingerprint density at radius 2 is 2.05 bits per heavy atom. The summed E-state index contributed by atoms with van der Waals surface area (Å²) in [7, 11) is -2.14. The number of hydrogen-bond acceptors (Lipinski definition) is 4. The number of likely N-dealkylation sites (N-methyl/N-ethyl adjacent to an activating group) is 1. The third-order valence-corrected chi connectivity index (χ3v) is 6.22. The molecule has 0 spiro atoms. The Labute approximate surface area is 128 Å². The summed E-state index contributed by atoms with van der Waals surface area (Å²) < 4.78 is 59.2. The minimum absolute atomic E-state index is 0.0115. The van der Waals surface area contributed by atoms with E-state index in [4.69, 9.17) is 4.74 Å². The van der Waals surface area contributed by atoms with Crippen LogP contribution < -0.4 is 0 Å². The fraction of sp³-hybridized carbons (Fsp3) is 0.571. The van der Waals surface area contributed by atoms with Crippen LogP contribution in [0.25, 0.3) is 0 Å². The lowest BCUT2D eigenvalue weighted by Crippen LogP contribution is -2.59. The van der Waals surface area contributed by atoms with Crippen molar-refractivity contribution in [2.45, 2.75) is 23.5 Å².